The first-order valence-corrected chi connectivity index (χ1v) is 4.92. The zero-order valence-corrected chi connectivity index (χ0v) is 6.84. The molecule has 0 aromatic rings. The lowest BCUT2D eigenvalue weighted by Gasteiger charge is -2.16. The monoisotopic (exact) mass is 177 g/mol. The average Bonchev–Trinajstić information content (AvgIpc) is 1.85. The van der Waals surface area contributed by atoms with Gasteiger partial charge < -0.3 is 0 Å². The predicted octanol–water partition coefficient (Wildman–Crippen LogP) is 0.488. The third kappa shape index (κ3) is 3.50. The van der Waals surface area contributed by atoms with E-state index >= 15 is 0 Å². The number of hydrogen-bond donors (Lipinski definition) is 2. The summed E-state index contributed by atoms with van der Waals surface area (Å²) in [6.45, 7) is 0. The van der Waals surface area contributed by atoms with Crippen molar-refractivity contribution in [2.24, 2.45) is 0 Å². The van der Waals surface area contributed by atoms with Crippen LogP contribution in [0.5, 0.6) is 0 Å². The average molecular weight is 177 g/mol. The first-order chi connectivity index (χ1) is 5.08. The fourth-order valence-electron chi connectivity index (χ4n) is 1.11. The van der Waals surface area contributed by atoms with Gasteiger partial charge in [-0.15, -0.1) is 0 Å². The maximum atomic E-state index is 10.3. The van der Waals surface area contributed by atoms with Gasteiger partial charge in [-0.2, -0.15) is 13.1 Å². The Morgan fingerprint density at radius 2 is 2.18 bits per heavy atom. The lowest BCUT2D eigenvalue weighted by molar-refractivity contribution is 0.442. The highest BCUT2D eigenvalue weighted by atomic mass is 32.2. The van der Waals surface area contributed by atoms with Gasteiger partial charge in [-0.1, -0.05) is 12.2 Å². The van der Waals surface area contributed by atoms with Crippen LogP contribution in [0.4, 0.5) is 0 Å². The summed E-state index contributed by atoms with van der Waals surface area (Å²) < 4.78 is 31.2. The number of nitrogens with one attached hydrogen (secondary N) is 1. The molecule has 1 rings (SSSR count). The van der Waals surface area contributed by atoms with Gasteiger partial charge in [-0.25, -0.2) is 0 Å². The standard InChI is InChI=1S/C6H11NO3S/c8-11(9,10)7-6-4-2-1-3-5-6/h1-2,6-7H,3-5H2,(H,8,9,10). The Kier molecular flexibility index (Phi) is 2.64. The molecular weight excluding hydrogens is 166 g/mol. The third-order valence-corrected chi connectivity index (χ3v) is 2.22. The molecule has 0 radical (unpaired) electrons. The molecule has 2 N–H and O–H groups in total. The van der Waals surface area contributed by atoms with Crippen molar-refractivity contribution in [3.05, 3.63) is 12.2 Å². The minimum absolute atomic E-state index is 0.130. The molecule has 11 heavy (non-hydrogen) atoms. The van der Waals surface area contributed by atoms with Crippen molar-refractivity contribution in [1.29, 1.82) is 0 Å². The topological polar surface area (TPSA) is 66.4 Å². The van der Waals surface area contributed by atoms with Crippen molar-refractivity contribution in [3.8, 4) is 0 Å². The number of allylic oxidation sites excluding steroid dienone is 1. The summed E-state index contributed by atoms with van der Waals surface area (Å²) >= 11 is 0. The maximum Gasteiger partial charge on any atom is 0.333 e. The second kappa shape index (κ2) is 3.34. The van der Waals surface area contributed by atoms with Crippen LogP contribution in [0.25, 0.3) is 0 Å². The van der Waals surface area contributed by atoms with Crippen molar-refractivity contribution in [1.82, 2.24) is 4.72 Å². The van der Waals surface area contributed by atoms with E-state index in [1.807, 2.05) is 12.2 Å². The van der Waals surface area contributed by atoms with Crippen LogP contribution in [0.3, 0.4) is 0 Å². The van der Waals surface area contributed by atoms with Crippen molar-refractivity contribution >= 4 is 10.3 Å². The van der Waals surface area contributed by atoms with E-state index in [9.17, 15) is 8.42 Å². The van der Waals surface area contributed by atoms with E-state index in [4.69, 9.17) is 4.55 Å². The smallest absolute Gasteiger partial charge is 0.273 e. The van der Waals surface area contributed by atoms with Crippen LogP contribution in [-0.4, -0.2) is 19.0 Å². The van der Waals surface area contributed by atoms with Crippen molar-refractivity contribution in [2.75, 3.05) is 0 Å². The molecule has 0 saturated carbocycles. The Bertz CT molecular complexity index is 245. The minimum atomic E-state index is -4.01. The molecule has 1 aliphatic rings. The van der Waals surface area contributed by atoms with Crippen LogP contribution in [0, 0.1) is 0 Å². The number of rotatable bonds is 2. The molecule has 1 unspecified atom stereocenters. The molecule has 0 aromatic carbocycles. The molecular formula is C6H11NO3S. The van der Waals surface area contributed by atoms with Crippen LogP contribution in [-0.2, 0) is 10.3 Å². The summed E-state index contributed by atoms with van der Waals surface area (Å²) in [5, 5.41) is 0. The Balaban J connectivity index is 2.44. The molecule has 0 aromatic heterocycles. The van der Waals surface area contributed by atoms with Crippen molar-refractivity contribution in [3.63, 3.8) is 0 Å². The van der Waals surface area contributed by atoms with Gasteiger partial charge >= 0.3 is 10.3 Å². The molecule has 0 heterocycles. The lowest BCUT2D eigenvalue weighted by atomic mass is 10.0. The Labute approximate surface area is 66.2 Å². The molecule has 0 spiro atoms. The predicted molar refractivity (Wildman–Crippen MR) is 41.5 cm³/mol. The van der Waals surface area contributed by atoms with E-state index < -0.39 is 10.3 Å². The Morgan fingerprint density at radius 3 is 2.64 bits per heavy atom. The van der Waals surface area contributed by atoms with E-state index in [-0.39, 0.29) is 6.04 Å². The fourth-order valence-corrected chi connectivity index (χ4v) is 1.75. The summed E-state index contributed by atoms with van der Waals surface area (Å²) in [4.78, 5) is 0. The highest BCUT2D eigenvalue weighted by Gasteiger charge is 2.14. The van der Waals surface area contributed by atoms with Gasteiger partial charge in [0.1, 0.15) is 0 Å². The molecule has 0 amide bonds. The SMILES string of the molecule is O=S(=O)(O)NC1CC=CCC1. The molecule has 0 fully saturated rings. The van der Waals surface area contributed by atoms with Gasteiger partial charge in [0.2, 0.25) is 0 Å². The molecule has 0 aliphatic heterocycles. The Morgan fingerprint density at radius 1 is 1.45 bits per heavy atom. The fraction of sp³-hybridized carbons (Fsp3) is 0.667. The van der Waals surface area contributed by atoms with Crippen molar-refractivity contribution < 1.29 is 13.0 Å². The molecule has 0 bridgehead atoms. The summed E-state index contributed by atoms with van der Waals surface area (Å²) in [7, 11) is -4.01. The van der Waals surface area contributed by atoms with E-state index in [0.717, 1.165) is 12.8 Å². The largest absolute Gasteiger partial charge is 0.333 e. The summed E-state index contributed by atoms with van der Waals surface area (Å²) in [6, 6.07) is -0.130. The quantitative estimate of drug-likeness (QED) is 0.476. The van der Waals surface area contributed by atoms with E-state index in [0.29, 0.717) is 6.42 Å². The zero-order valence-electron chi connectivity index (χ0n) is 6.03. The Hall–Kier alpha value is -0.390. The zero-order chi connectivity index (χ0) is 8.32. The molecule has 1 aliphatic carbocycles. The van der Waals surface area contributed by atoms with Gasteiger partial charge in [0, 0.05) is 6.04 Å². The van der Waals surface area contributed by atoms with Gasteiger partial charge in [0.05, 0.1) is 0 Å². The van der Waals surface area contributed by atoms with E-state index in [1.54, 1.807) is 0 Å². The van der Waals surface area contributed by atoms with Crippen LogP contribution < -0.4 is 4.72 Å². The molecule has 1 atom stereocenters. The first kappa shape index (κ1) is 8.70. The molecule has 5 heteroatoms. The second-order valence-electron chi connectivity index (χ2n) is 2.57. The third-order valence-electron chi connectivity index (χ3n) is 1.58. The molecule has 0 saturated heterocycles. The van der Waals surface area contributed by atoms with E-state index in [1.165, 1.54) is 0 Å². The van der Waals surface area contributed by atoms with Gasteiger partial charge in [0.25, 0.3) is 0 Å². The van der Waals surface area contributed by atoms with E-state index in [2.05, 4.69) is 4.72 Å². The van der Waals surface area contributed by atoms with Gasteiger partial charge in [0.15, 0.2) is 0 Å². The van der Waals surface area contributed by atoms with Crippen LogP contribution >= 0.6 is 0 Å². The lowest BCUT2D eigenvalue weighted by Crippen LogP contribution is -2.34. The van der Waals surface area contributed by atoms with Crippen LogP contribution in [0.2, 0.25) is 0 Å². The highest BCUT2D eigenvalue weighted by molar-refractivity contribution is 7.83. The highest BCUT2D eigenvalue weighted by Crippen LogP contribution is 2.10. The van der Waals surface area contributed by atoms with Crippen molar-refractivity contribution in [2.45, 2.75) is 25.3 Å². The minimum Gasteiger partial charge on any atom is -0.273 e. The normalized spacial score (nSPS) is 25.4. The molecule has 64 valence electrons. The van der Waals surface area contributed by atoms with Gasteiger partial charge in [-0.05, 0) is 19.3 Å². The summed E-state index contributed by atoms with van der Waals surface area (Å²) in [5.41, 5.74) is 0. The second-order valence-corrected chi connectivity index (χ2v) is 3.76. The first-order valence-electron chi connectivity index (χ1n) is 3.48. The van der Waals surface area contributed by atoms with Crippen LogP contribution in [0.15, 0.2) is 12.2 Å². The summed E-state index contributed by atoms with van der Waals surface area (Å²) in [5.74, 6) is 0. The molecule has 4 nitrogen and oxygen atoms in total. The summed E-state index contributed by atoms with van der Waals surface area (Å²) in [6.07, 6.45) is 6.21. The maximum absolute atomic E-state index is 10.3. The van der Waals surface area contributed by atoms with Crippen LogP contribution in [0.1, 0.15) is 19.3 Å². The number of hydrogen-bond acceptors (Lipinski definition) is 2. The van der Waals surface area contributed by atoms with Gasteiger partial charge in [-0.3, -0.25) is 4.55 Å².